The number of esters is 3. The second kappa shape index (κ2) is 67.9. The van der Waals surface area contributed by atoms with Gasteiger partial charge in [-0.2, -0.15) is 0 Å². The van der Waals surface area contributed by atoms with E-state index in [-0.39, 0.29) is 31.1 Å². The SMILES string of the molecule is CCCCCCC/C=C\C/C=C\C/C=C\CCCCCCCCCCCCCCC(=O)OCC(COC(=O)CCCCCCCCCCCCCCC)OC(=O)CCCCCCCCCCC/C=C\CCCCCCCCCC. The highest BCUT2D eigenvalue weighted by Gasteiger charge is 2.19. The van der Waals surface area contributed by atoms with Gasteiger partial charge in [0.05, 0.1) is 0 Å². The second-order valence-electron chi connectivity index (χ2n) is 23.8. The lowest BCUT2D eigenvalue weighted by Gasteiger charge is -2.18. The van der Waals surface area contributed by atoms with Crippen LogP contribution in [-0.2, 0) is 28.6 Å². The highest BCUT2D eigenvalue weighted by Crippen LogP contribution is 2.18. The molecule has 0 saturated heterocycles. The first kappa shape index (κ1) is 76.4. The molecule has 0 amide bonds. The second-order valence-corrected chi connectivity index (χ2v) is 23.8. The largest absolute Gasteiger partial charge is 0.462 e. The molecule has 0 spiro atoms. The van der Waals surface area contributed by atoms with Gasteiger partial charge in [-0.1, -0.05) is 326 Å². The van der Waals surface area contributed by atoms with Crippen LogP contribution in [-0.4, -0.2) is 37.2 Å². The molecule has 6 nitrogen and oxygen atoms in total. The summed E-state index contributed by atoms with van der Waals surface area (Å²) >= 11 is 0. The smallest absolute Gasteiger partial charge is 0.306 e. The van der Waals surface area contributed by atoms with Gasteiger partial charge in [0.15, 0.2) is 6.10 Å². The minimum Gasteiger partial charge on any atom is -0.462 e. The monoisotopic (exact) mass is 1110 g/mol. The van der Waals surface area contributed by atoms with Crippen molar-refractivity contribution in [1.82, 2.24) is 0 Å². The number of hydrogen-bond donors (Lipinski definition) is 0. The average Bonchev–Trinajstić information content (AvgIpc) is 3.45. The summed E-state index contributed by atoms with van der Waals surface area (Å²) in [5.41, 5.74) is 0. The standard InChI is InChI=1S/C73H134O6/c1-4-7-10-13-16-19-22-25-27-29-31-33-34-35-36-37-38-40-41-43-45-48-51-54-57-60-63-66-72(75)78-69-70(68-77-71(74)65-62-59-56-53-50-47-24-21-18-15-12-9-6-3)79-73(76)67-64-61-58-55-52-49-46-44-42-39-32-30-28-26-23-20-17-14-11-8-5-2/h22,25,29-32,34-35,70H,4-21,23-24,26-28,33,36-69H2,1-3H3/b25-22-,31-29-,32-30-,35-34-. The van der Waals surface area contributed by atoms with Crippen LogP contribution >= 0.6 is 0 Å². The zero-order valence-electron chi connectivity index (χ0n) is 53.2. The van der Waals surface area contributed by atoms with E-state index in [2.05, 4.69) is 69.4 Å². The molecule has 1 atom stereocenters. The predicted octanol–water partition coefficient (Wildman–Crippen LogP) is 24.1. The third kappa shape index (κ3) is 66.1. The number of hydrogen-bond acceptors (Lipinski definition) is 6. The molecule has 0 rings (SSSR count). The first-order chi connectivity index (χ1) is 39.0. The molecule has 0 aliphatic heterocycles. The summed E-state index contributed by atoms with van der Waals surface area (Å²) in [7, 11) is 0. The van der Waals surface area contributed by atoms with E-state index in [0.717, 1.165) is 70.6 Å². The van der Waals surface area contributed by atoms with Gasteiger partial charge in [-0.05, 0) is 83.5 Å². The van der Waals surface area contributed by atoms with Gasteiger partial charge in [0.1, 0.15) is 13.2 Å². The minimum absolute atomic E-state index is 0.0697. The van der Waals surface area contributed by atoms with Crippen molar-refractivity contribution in [2.75, 3.05) is 13.2 Å². The molecule has 0 aromatic rings. The van der Waals surface area contributed by atoms with Crippen LogP contribution in [0.15, 0.2) is 48.6 Å². The fraction of sp³-hybridized carbons (Fsp3) is 0.849. The van der Waals surface area contributed by atoms with Crippen molar-refractivity contribution in [2.24, 2.45) is 0 Å². The van der Waals surface area contributed by atoms with Gasteiger partial charge in [0, 0.05) is 19.3 Å². The first-order valence-corrected chi connectivity index (χ1v) is 35.1. The Balaban J connectivity index is 4.25. The fourth-order valence-corrected chi connectivity index (χ4v) is 10.5. The number of carbonyl (C=O) groups excluding carboxylic acids is 3. The number of carbonyl (C=O) groups is 3. The molecule has 1 unspecified atom stereocenters. The average molecular weight is 1110 g/mol. The van der Waals surface area contributed by atoms with Crippen LogP contribution < -0.4 is 0 Å². The maximum atomic E-state index is 12.9. The summed E-state index contributed by atoms with van der Waals surface area (Å²) < 4.78 is 17.0. The zero-order chi connectivity index (χ0) is 57.1. The molecular weight excluding hydrogens is 973 g/mol. The normalized spacial score (nSPS) is 12.3. The topological polar surface area (TPSA) is 78.9 Å². The molecule has 0 N–H and O–H groups in total. The number of unbranched alkanes of at least 4 members (excludes halogenated alkanes) is 46. The van der Waals surface area contributed by atoms with E-state index in [1.165, 1.54) is 270 Å². The molecule has 6 heteroatoms. The van der Waals surface area contributed by atoms with Crippen LogP contribution in [0.2, 0.25) is 0 Å². The van der Waals surface area contributed by atoms with E-state index < -0.39 is 6.10 Å². The highest BCUT2D eigenvalue weighted by molar-refractivity contribution is 5.71. The lowest BCUT2D eigenvalue weighted by molar-refractivity contribution is -0.167. The van der Waals surface area contributed by atoms with E-state index in [0.29, 0.717) is 19.3 Å². The molecule has 0 aromatic carbocycles. The van der Waals surface area contributed by atoms with E-state index in [9.17, 15) is 14.4 Å². The predicted molar refractivity (Wildman–Crippen MR) is 344 cm³/mol. The van der Waals surface area contributed by atoms with Crippen molar-refractivity contribution >= 4 is 17.9 Å². The Morgan fingerprint density at radius 2 is 0.456 bits per heavy atom. The van der Waals surface area contributed by atoms with Gasteiger partial charge < -0.3 is 14.2 Å². The Morgan fingerprint density at radius 1 is 0.253 bits per heavy atom. The van der Waals surface area contributed by atoms with E-state index in [1.807, 2.05) is 0 Å². The summed E-state index contributed by atoms with van der Waals surface area (Å²) in [6.45, 7) is 6.69. The van der Waals surface area contributed by atoms with Crippen molar-refractivity contribution < 1.29 is 28.6 Å². The third-order valence-corrected chi connectivity index (χ3v) is 15.8. The summed E-state index contributed by atoms with van der Waals surface area (Å²) in [5, 5.41) is 0. The Hall–Kier alpha value is -2.63. The van der Waals surface area contributed by atoms with Crippen molar-refractivity contribution in [1.29, 1.82) is 0 Å². The van der Waals surface area contributed by atoms with Crippen molar-refractivity contribution in [2.45, 2.75) is 386 Å². The fourth-order valence-electron chi connectivity index (χ4n) is 10.5. The Labute approximate surface area is 492 Å². The van der Waals surface area contributed by atoms with Gasteiger partial charge >= 0.3 is 17.9 Å². The molecule has 0 radical (unpaired) electrons. The van der Waals surface area contributed by atoms with E-state index in [4.69, 9.17) is 14.2 Å². The summed E-state index contributed by atoms with van der Waals surface area (Å²) in [5.74, 6) is -0.848. The van der Waals surface area contributed by atoms with E-state index >= 15 is 0 Å². The maximum absolute atomic E-state index is 12.9. The van der Waals surface area contributed by atoms with Crippen molar-refractivity contribution in [3.8, 4) is 0 Å². The molecule has 0 aliphatic carbocycles. The summed E-state index contributed by atoms with van der Waals surface area (Å²) in [6.07, 6.45) is 85.6. The molecule has 79 heavy (non-hydrogen) atoms. The van der Waals surface area contributed by atoms with Crippen LogP contribution in [0.25, 0.3) is 0 Å². The Bertz CT molecular complexity index is 1360. The first-order valence-electron chi connectivity index (χ1n) is 35.1. The van der Waals surface area contributed by atoms with Crippen molar-refractivity contribution in [3.63, 3.8) is 0 Å². The van der Waals surface area contributed by atoms with Gasteiger partial charge in [-0.3, -0.25) is 14.4 Å². The van der Waals surface area contributed by atoms with Crippen LogP contribution in [0.4, 0.5) is 0 Å². The summed E-state index contributed by atoms with van der Waals surface area (Å²) in [4.78, 5) is 38.4. The van der Waals surface area contributed by atoms with Crippen LogP contribution in [0, 0.1) is 0 Å². The molecule has 462 valence electrons. The minimum atomic E-state index is -0.774. The highest BCUT2D eigenvalue weighted by atomic mass is 16.6. The Morgan fingerprint density at radius 3 is 0.722 bits per heavy atom. The molecular formula is C73H134O6. The lowest BCUT2D eigenvalue weighted by Crippen LogP contribution is -2.30. The van der Waals surface area contributed by atoms with Gasteiger partial charge in [-0.15, -0.1) is 0 Å². The number of rotatable bonds is 65. The zero-order valence-corrected chi connectivity index (χ0v) is 53.2. The number of ether oxygens (including phenoxy) is 3. The van der Waals surface area contributed by atoms with Crippen LogP contribution in [0.3, 0.4) is 0 Å². The lowest BCUT2D eigenvalue weighted by atomic mass is 10.0. The molecule has 0 heterocycles. The van der Waals surface area contributed by atoms with Crippen LogP contribution in [0.5, 0.6) is 0 Å². The quantitative estimate of drug-likeness (QED) is 0.0261. The molecule has 0 aromatic heterocycles. The number of allylic oxidation sites excluding steroid dienone is 8. The molecule has 0 aliphatic rings. The van der Waals surface area contributed by atoms with Gasteiger partial charge in [0.25, 0.3) is 0 Å². The third-order valence-electron chi connectivity index (χ3n) is 15.8. The Kier molecular flexibility index (Phi) is 65.6. The van der Waals surface area contributed by atoms with Crippen molar-refractivity contribution in [3.05, 3.63) is 48.6 Å². The molecule has 0 fully saturated rings. The summed E-state index contributed by atoms with van der Waals surface area (Å²) in [6, 6.07) is 0. The molecule has 0 saturated carbocycles. The van der Waals surface area contributed by atoms with Crippen LogP contribution in [0.1, 0.15) is 380 Å². The van der Waals surface area contributed by atoms with Gasteiger partial charge in [-0.25, -0.2) is 0 Å². The molecule has 0 bridgehead atoms. The van der Waals surface area contributed by atoms with E-state index in [1.54, 1.807) is 0 Å². The van der Waals surface area contributed by atoms with Gasteiger partial charge in [0.2, 0.25) is 0 Å². The maximum Gasteiger partial charge on any atom is 0.306 e.